The van der Waals surface area contributed by atoms with Gasteiger partial charge in [0, 0.05) is 19.0 Å². The number of likely N-dealkylation sites (tertiary alicyclic amines) is 1. The molecule has 0 aromatic heterocycles. The zero-order chi connectivity index (χ0) is 10.7. The van der Waals surface area contributed by atoms with E-state index in [2.05, 4.69) is 11.8 Å². The quantitative estimate of drug-likeness (QED) is 0.650. The molecule has 2 rings (SSSR count). The van der Waals surface area contributed by atoms with Gasteiger partial charge in [-0.2, -0.15) is 0 Å². The maximum Gasteiger partial charge on any atom is 0.225 e. The number of rotatable bonds is 1. The molecule has 2 fully saturated rings. The Balaban J connectivity index is 1.82. The Morgan fingerprint density at radius 1 is 1.00 bits per heavy atom. The zero-order valence-electron chi connectivity index (χ0n) is 9.87. The lowest BCUT2D eigenvalue weighted by Gasteiger charge is -2.36. The van der Waals surface area contributed by atoms with Crippen LogP contribution in [0.1, 0.15) is 51.9 Å². The monoisotopic (exact) mass is 209 g/mol. The summed E-state index contributed by atoms with van der Waals surface area (Å²) in [5.41, 5.74) is 0. The average molecular weight is 209 g/mol. The van der Waals surface area contributed by atoms with Crippen molar-refractivity contribution in [2.75, 3.05) is 13.1 Å². The lowest BCUT2D eigenvalue weighted by Crippen LogP contribution is -2.42. The summed E-state index contributed by atoms with van der Waals surface area (Å²) in [6.45, 7) is 4.28. The van der Waals surface area contributed by atoms with Crippen molar-refractivity contribution in [3.05, 3.63) is 0 Å². The summed E-state index contributed by atoms with van der Waals surface area (Å²) in [7, 11) is 0. The minimum atomic E-state index is 0.374. The van der Waals surface area contributed by atoms with Gasteiger partial charge in [-0.15, -0.1) is 0 Å². The van der Waals surface area contributed by atoms with Gasteiger partial charge in [-0.25, -0.2) is 0 Å². The molecule has 0 unspecified atom stereocenters. The molecule has 0 spiro atoms. The lowest BCUT2D eigenvalue weighted by molar-refractivity contribution is -0.140. The molecule has 1 saturated heterocycles. The number of amides is 1. The Morgan fingerprint density at radius 3 is 2.07 bits per heavy atom. The highest BCUT2D eigenvalue weighted by atomic mass is 16.2. The summed E-state index contributed by atoms with van der Waals surface area (Å²) < 4.78 is 0. The molecular formula is C13H23NO. The van der Waals surface area contributed by atoms with E-state index in [0.29, 0.717) is 11.8 Å². The Kier molecular flexibility index (Phi) is 3.66. The SMILES string of the molecule is CC1CC(C(=O)N2CCCCCCC2)C1. The molecule has 1 heterocycles. The van der Waals surface area contributed by atoms with E-state index in [0.717, 1.165) is 31.8 Å². The Labute approximate surface area is 93.0 Å². The van der Waals surface area contributed by atoms with Crippen LogP contribution < -0.4 is 0 Å². The Bertz CT molecular complexity index is 213. The third kappa shape index (κ3) is 2.73. The van der Waals surface area contributed by atoms with Gasteiger partial charge in [0.2, 0.25) is 5.91 Å². The van der Waals surface area contributed by atoms with Gasteiger partial charge in [0.1, 0.15) is 0 Å². The van der Waals surface area contributed by atoms with Crippen molar-refractivity contribution in [3.8, 4) is 0 Å². The Hall–Kier alpha value is -0.530. The molecule has 0 radical (unpaired) electrons. The number of hydrogen-bond acceptors (Lipinski definition) is 1. The van der Waals surface area contributed by atoms with Gasteiger partial charge in [-0.1, -0.05) is 26.2 Å². The molecule has 0 N–H and O–H groups in total. The molecule has 1 aliphatic heterocycles. The topological polar surface area (TPSA) is 20.3 Å². The standard InChI is InChI=1S/C13H23NO/c1-11-9-12(10-11)13(15)14-7-5-3-2-4-6-8-14/h11-12H,2-10H2,1H3. The van der Waals surface area contributed by atoms with Crippen LogP contribution in [0.5, 0.6) is 0 Å². The Morgan fingerprint density at radius 2 is 1.53 bits per heavy atom. The van der Waals surface area contributed by atoms with Crippen molar-refractivity contribution in [3.63, 3.8) is 0 Å². The third-order valence-electron chi connectivity index (χ3n) is 3.89. The summed E-state index contributed by atoms with van der Waals surface area (Å²) in [6, 6.07) is 0. The molecule has 2 heteroatoms. The van der Waals surface area contributed by atoms with Gasteiger partial charge in [0.05, 0.1) is 0 Å². The van der Waals surface area contributed by atoms with Crippen LogP contribution in [0.2, 0.25) is 0 Å². The smallest absolute Gasteiger partial charge is 0.225 e. The third-order valence-corrected chi connectivity index (χ3v) is 3.89. The zero-order valence-corrected chi connectivity index (χ0v) is 9.87. The van der Waals surface area contributed by atoms with Gasteiger partial charge in [0.15, 0.2) is 0 Å². The van der Waals surface area contributed by atoms with Crippen LogP contribution in [0.4, 0.5) is 0 Å². The van der Waals surface area contributed by atoms with Gasteiger partial charge in [-0.05, 0) is 31.6 Å². The van der Waals surface area contributed by atoms with Crippen molar-refractivity contribution in [1.29, 1.82) is 0 Å². The van der Waals surface area contributed by atoms with Gasteiger partial charge >= 0.3 is 0 Å². The predicted octanol–water partition coefficient (Wildman–Crippen LogP) is 2.83. The van der Waals surface area contributed by atoms with E-state index >= 15 is 0 Å². The second-order valence-electron chi connectivity index (χ2n) is 5.37. The van der Waals surface area contributed by atoms with Crippen LogP contribution in [-0.2, 0) is 4.79 Å². The van der Waals surface area contributed by atoms with E-state index < -0.39 is 0 Å². The molecule has 0 aromatic carbocycles. The molecule has 1 saturated carbocycles. The fourth-order valence-corrected chi connectivity index (χ4v) is 2.83. The van der Waals surface area contributed by atoms with E-state index in [1.165, 1.54) is 32.1 Å². The predicted molar refractivity (Wildman–Crippen MR) is 61.6 cm³/mol. The first-order valence-electron chi connectivity index (χ1n) is 6.56. The first kappa shape index (κ1) is 11.0. The number of hydrogen-bond donors (Lipinski definition) is 0. The summed E-state index contributed by atoms with van der Waals surface area (Å²) in [4.78, 5) is 14.3. The summed E-state index contributed by atoms with van der Waals surface area (Å²) >= 11 is 0. The van der Waals surface area contributed by atoms with Crippen molar-refractivity contribution in [1.82, 2.24) is 4.90 Å². The maximum atomic E-state index is 12.1. The molecule has 0 bridgehead atoms. The van der Waals surface area contributed by atoms with Gasteiger partial charge in [0.25, 0.3) is 0 Å². The van der Waals surface area contributed by atoms with Crippen LogP contribution >= 0.6 is 0 Å². The minimum Gasteiger partial charge on any atom is -0.342 e. The molecule has 2 nitrogen and oxygen atoms in total. The van der Waals surface area contributed by atoms with E-state index in [4.69, 9.17) is 0 Å². The van der Waals surface area contributed by atoms with Gasteiger partial charge in [-0.3, -0.25) is 4.79 Å². The van der Waals surface area contributed by atoms with E-state index in [1.54, 1.807) is 0 Å². The molecule has 86 valence electrons. The summed E-state index contributed by atoms with van der Waals surface area (Å²) in [6.07, 6.45) is 8.69. The van der Waals surface area contributed by atoms with E-state index in [9.17, 15) is 4.79 Å². The first-order valence-corrected chi connectivity index (χ1v) is 6.56. The number of carbonyl (C=O) groups excluding carboxylic acids is 1. The first-order chi connectivity index (χ1) is 7.27. The molecular weight excluding hydrogens is 186 g/mol. The van der Waals surface area contributed by atoms with Crippen LogP contribution in [0, 0.1) is 11.8 Å². The van der Waals surface area contributed by atoms with Crippen molar-refractivity contribution >= 4 is 5.91 Å². The second-order valence-corrected chi connectivity index (χ2v) is 5.37. The molecule has 15 heavy (non-hydrogen) atoms. The van der Waals surface area contributed by atoms with Crippen LogP contribution in [0.3, 0.4) is 0 Å². The highest BCUT2D eigenvalue weighted by molar-refractivity contribution is 5.79. The normalized spacial score (nSPS) is 32.7. The van der Waals surface area contributed by atoms with Crippen LogP contribution in [0.15, 0.2) is 0 Å². The van der Waals surface area contributed by atoms with Crippen molar-refractivity contribution in [2.24, 2.45) is 11.8 Å². The van der Waals surface area contributed by atoms with Gasteiger partial charge < -0.3 is 4.90 Å². The van der Waals surface area contributed by atoms with E-state index in [-0.39, 0.29) is 0 Å². The van der Waals surface area contributed by atoms with Crippen LogP contribution in [-0.4, -0.2) is 23.9 Å². The minimum absolute atomic E-state index is 0.374. The van der Waals surface area contributed by atoms with Crippen LogP contribution in [0.25, 0.3) is 0 Å². The fourth-order valence-electron chi connectivity index (χ4n) is 2.83. The average Bonchev–Trinajstić information content (AvgIpc) is 2.11. The number of carbonyl (C=O) groups is 1. The number of nitrogens with zero attached hydrogens (tertiary/aromatic N) is 1. The molecule has 1 amide bonds. The summed E-state index contributed by atoms with van der Waals surface area (Å²) in [5.74, 6) is 1.61. The maximum absolute atomic E-state index is 12.1. The largest absolute Gasteiger partial charge is 0.342 e. The lowest BCUT2D eigenvalue weighted by atomic mass is 9.75. The molecule has 0 atom stereocenters. The summed E-state index contributed by atoms with van der Waals surface area (Å²) in [5, 5.41) is 0. The molecule has 0 aromatic rings. The van der Waals surface area contributed by atoms with E-state index in [1.807, 2.05) is 0 Å². The highest BCUT2D eigenvalue weighted by Crippen LogP contribution is 2.34. The molecule has 2 aliphatic rings. The fraction of sp³-hybridized carbons (Fsp3) is 0.923. The highest BCUT2D eigenvalue weighted by Gasteiger charge is 2.34. The van der Waals surface area contributed by atoms with Crippen molar-refractivity contribution in [2.45, 2.75) is 51.9 Å². The van der Waals surface area contributed by atoms with Crippen molar-refractivity contribution < 1.29 is 4.79 Å². The molecule has 1 aliphatic carbocycles. The second kappa shape index (κ2) is 5.00.